The molecule has 2 atom stereocenters. The average molecular weight is 441 g/mol. The quantitative estimate of drug-likeness (QED) is 0.390. The molecule has 27 heavy (non-hydrogen) atoms. The number of carbonyl (C=O) groups excluding carboxylic acids is 3. The Morgan fingerprint density at radius 1 is 1.04 bits per heavy atom. The lowest BCUT2D eigenvalue weighted by Crippen LogP contribution is -2.49. The molecule has 3 fully saturated rings. The van der Waals surface area contributed by atoms with Crippen LogP contribution >= 0.6 is 47.2 Å². The number of nitrogens with zero attached hydrogens (tertiary/aromatic N) is 2. The molecule has 0 N–H and O–H groups in total. The number of imide groups is 1. The summed E-state index contributed by atoms with van der Waals surface area (Å²) in [7, 11) is 0. The van der Waals surface area contributed by atoms with Gasteiger partial charge in [-0.05, 0) is 48.8 Å². The zero-order valence-electron chi connectivity index (χ0n) is 14.0. The van der Waals surface area contributed by atoms with Crippen molar-refractivity contribution >= 4 is 75.3 Å². The van der Waals surface area contributed by atoms with E-state index in [2.05, 4.69) is 0 Å². The lowest BCUT2D eigenvalue weighted by Gasteiger charge is -2.24. The largest absolute Gasteiger partial charge is 0.285 e. The maximum absolute atomic E-state index is 12.9. The molecule has 0 bridgehead atoms. The second kappa shape index (κ2) is 7.20. The van der Waals surface area contributed by atoms with E-state index in [4.69, 9.17) is 35.4 Å². The second-order valence-electron chi connectivity index (χ2n) is 6.65. The Bertz CT molecular complexity index is 894. The van der Waals surface area contributed by atoms with Crippen molar-refractivity contribution in [2.24, 2.45) is 11.8 Å². The monoisotopic (exact) mass is 440 g/mol. The van der Waals surface area contributed by atoms with Gasteiger partial charge in [-0.15, -0.1) is 0 Å². The molecule has 0 aromatic heterocycles. The fourth-order valence-corrected chi connectivity index (χ4v) is 5.43. The second-order valence-corrected chi connectivity index (χ2v) is 9.16. The van der Waals surface area contributed by atoms with Crippen molar-refractivity contribution in [2.75, 3.05) is 0 Å². The minimum absolute atomic E-state index is 0.164. The molecule has 3 amide bonds. The lowest BCUT2D eigenvalue weighted by atomic mass is 9.81. The Kier molecular flexibility index (Phi) is 5.05. The topological polar surface area (TPSA) is 57.7 Å². The first-order chi connectivity index (χ1) is 12.9. The van der Waals surface area contributed by atoms with E-state index in [-0.39, 0.29) is 28.0 Å². The highest BCUT2D eigenvalue weighted by molar-refractivity contribution is 8.26. The fourth-order valence-electron chi connectivity index (χ4n) is 3.73. The third kappa shape index (κ3) is 3.20. The maximum atomic E-state index is 12.9. The van der Waals surface area contributed by atoms with Crippen LogP contribution in [0.15, 0.2) is 23.1 Å². The van der Waals surface area contributed by atoms with Crippen LogP contribution < -0.4 is 0 Å². The summed E-state index contributed by atoms with van der Waals surface area (Å²) in [5.74, 6) is -1.83. The number of fused-ring (bicyclic) bond motifs is 1. The van der Waals surface area contributed by atoms with Crippen molar-refractivity contribution in [3.63, 3.8) is 0 Å². The molecule has 4 rings (SSSR count). The van der Waals surface area contributed by atoms with Crippen molar-refractivity contribution in [2.45, 2.75) is 25.7 Å². The van der Waals surface area contributed by atoms with Gasteiger partial charge in [0.15, 0.2) is 4.32 Å². The number of amides is 3. The van der Waals surface area contributed by atoms with Gasteiger partial charge in [0.1, 0.15) is 0 Å². The summed E-state index contributed by atoms with van der Waals surface area (Å²) in [6.45, 7) is 0. The first-order valence-corrected chi connectivity index (χ1v) is 10.5. The van der Waals surface area contributed by atoms with Crippen LogP contribution in [0, 0.1) is 11.8 Å². The summed E-state index contributed by atoms with van der Waals surface area (Å²) in [4.78, 5) is 38.8. The summed E-state index contributed by atoms with van der Waals surface area (Å²) in [5, 5.41) is 2.88. The van der Waals surface area contributed by atoms with Crippen LogP contribution in [0.2, 0.25) is 10.0 Å². The van der Waals surface area contributed by atoms with E-state index in [0.29, 0.717) is 33.4 Å². The molecular formula is C18H14Cl2N2O3S2. The van der Waals surface area contributed by atoms with Crippen LogP contribution in [0.5, 0.6) is 0 Å². The third-order valence-corrected chi connectivity index (χ3v) is 6.89. The molecule has 1 aromatic rings. The minimum Gasteiger partial charge on any atom is -0.272 e. The number of halogens is 2. The number of carbonyl (C=O) groups is 3. The van der Waals surface area contributed by atoms with E-state index in [1.54, 1.807) is 24.3 Å². The zero-order valence-corrected chi connectivity index (χ0v) is 17.1. The van der Waals surface area contributed by atoms with Gasteiger partial charge in [-0.2, -0.15) is 10.0 Å². The Labute approximate surface area is 175 Å². The minimum atomic E-state index is -0.489. The molecule has 0 spiro atoms. The van der Waals surface area contributed by atoms with Crippen molar-refractivity contribution < 1.29 is 14.4 Å². The molecule has 1 aromatic carbocycles. The molecule has 0 unspecified atom stereocenters. The molecule has 2 aliphatic heterocycles. The summed E-state index contributed by atoms with van der Waals surface area (Å²) >= 11 is 18.4. The first kappa shape index (κ1) is 18.9. The molecule has 0 radical (unpaired) electrons. The highest BCUT2D eigenvalue weighted by atomic mass is 35.5. The smallest absolute Gasteiger partial charge is 0.272 e. The number of thiocarbonyl (C=S) groups is 1. The van der Waals surface area contributed by atoms with Gasteiger partial charge in [0, 0.05) is 10.0 Å². The van der Waals surface area contributed by atoms with Gasteiger partial charge in [0.2, 0.25) is 0 Å². The number of thioether (sulfide) groups is 1. The summed E-state index contributed by atoms with van der Waals surface area (Å²) in [6.07, 6.45) is 4.78. The molecule has 1 aliphatic carbocycles. The zero-order chi connectivity index (χ0) is 19.3. The highest BCUT2D eigenvalue weighted by Gasteiger charge is 2.54. The molecule has 5 nitrogen and oxygen atoms in total. The van der Waals surface area contributed by atoms with Crippen LogP contribution in [-0.2, 0) is 14.4 Å². The Morgan fingerprint density at radius 2 is 1.67 bits per heavy atom. The lowest BCUT2D eigenvalue weighted by molar-refractivity contribution is -0.158. The van der Waals surface area contributed by atoms with E-state index in [1.165, 1.54) is 0 Å². The number of benzene rings is 1. The molecule has 140 valence electrons. The normalized spacial score (nSPS) is 27.1. The van der Waals surface area contributed by atoms with Crippen LogP contribution in [0.4, 0.5) is 0 Å². The van der Waals surface area contributed by atoms with Crippen molar-refractivity contribution in [3.8, 4) is 0 Å². The average Bonchev–Trinajstić information content (AvgIpc) is 3.04. The predicted octanol–water partition coefficient (Wildman–Crippen LogP) is 4.28. The van der Waals surface area contributed by atoms with E-state index in [1.807, 2.05) is 0 Å². The van der Waals surface area contributed by atoms with Crippen LogP contribution in [0.1, 0.15) is 31.2 Å². The van der Waals surface area contributed by atoms with Crippen molar-refractivity contribution in [1.29, 1.82) is 0 Å². The fraction of sp³-hybridized carbons (Fsp3) is 0.333. The van der Waals surface area contributed by atoms with Crippen LogP contribution in [-0.4, -0.2) is 32.1 Å². The Hall–Kier alpha value is -1.41. The number of hydrogen-bond donors (Lipinski definition) is 0. The molecule has 2 saturated heterocycles. The molecule has 9 heteroatoms. The van der Waals surface area contributed by atoms with Crippen LogP contribution in [0.25, 0.3) is 6.08 Å². The van der Waals surface area contributed by atoms with Crippen LogP contribution in [0.3, 0.4) is 0 Å². The maximum Gasteiger partial charge on any atom is 0.285 e. The molecular weight excluding hydrogens is 427 g/mol. The Balaban J connectivity index is 1.64. The van der Waals surface area contributed by atoms with Gasteiger partial charge in [-0.1, -0.05) is 53.9 Å². The van der Waals surface area contributed by atoms with Gasteiger partial charge in [0.25, 0.3) is 17.7 Å². The highest BCUT2D eigenvalue weighted by Crippen LogP contribution is 2.42. The van der Waals surface area contributed by atoms with E-state index >= 15 is 0 Å². The molecule has 3 aliphatic rings. The van der Waals surface area contributed by atoms with Gasteiger partial charge in [0.05, 0.1) is 16.7 Å². The summed E-state index contributed by atoms with van der Waals surface area (Å²) in [6, 6.07) is 4.93. The first-order valence-electron chi connectivity index (χ1n) is 8.49. The van der Waals surface area contributed by atoms with Crippen molar-refractivity contribution in [1.82, 2.24) is 10.0 Å². The van der Waals surface area contributed by atoms with E-state index in [0.717, 1.165) is 34.6 Å². The SMILES string of the molecule is O=C1/C(=C/c2ccc(Cl)cc2Cl)SC(=S)N1N1C(=O)[C@H]2CCCC[C@H]2C1=O. The van der Waals surface area contributed by atoms with Gasteiger partial charge in [-0.3, -0.25) is 14.4 Å². The summed E-state index contributed by atoms with van der Waals surface area (Å²) in [5.41, 5.74) is 0.606. The van der Waals surface area contributed by atoms with Crippen molar-refractivity contribution in [3.05, 3.63) is 38.7 Å². The number of hydrogen-bond acceptors (Lipinski definition) is 5. The third-order valence-electron chi connectivity index (χ3n) is 5.04. The standard InChI is InChI=1S/C18H14Cl2N2O3S2/c19-10-6-5-9(13(20)8-10)7-14-17(25)22(18(26)27-14)21-15(23)11-3-1-2-4-12(11)16(21)24/h5-8,11-12H,1-4H2/b14-7-/t11-,12+. The number of rotatable bonds is 2. The van der Waals surface area contributed by atoms with Gasteiger partial charge >= 0.3 is 0 Å². The molecule has 1 saturated carbocycles. The van der Waals surface area contributed by atoms with Gasteiger partial charge < -0.3 is 0 Å². The summed E-state index contributed by atoms with van der Waals surface area (Å²) < 4.78 is 0.164. The molecule has 2 heterocycles. The van der Waals surface area contributed by atoms with E-state index in [9.17, 15) is 14.4 Å². The number of hydrazine groups is 1. The predicted molar refractivity (Wildman–Crippen MR) is 109 cm³/mol. The van der Waals surface area contributed by atoms with Gasteiger partial charge in [-0.25, -0.2) is 0 Å². The Morgan fingerprint density at radius 3 is 2.26 bits per heavy atom. The van der Waals surface area contributed by atoms with E-state index < -0.39 is 5.91 Å².